The van der Waals surface area contributed by atoms with Crippen LogP contribution in [0.15, 0.2) is 23.6 Å². The maximum Gasteiger partial charge on any atom is 0.123 e. The number of ether oxygens (including phenoxy) is 1. The molecule has 0 atom stereocenters. The fourth-order valence-electron chi connectivity index (χ4n) is 1.32. The average molecular weight is 208 g/mol. The highest BCUT2D eigenvalue weighted by atomic mass is 32.1. The molecule has 76 valence electrons. The van der Waals surface area contributed by atoms with Crippen LogP contribution in [0.4, 0.5) is 0 Å². The largest absolute Gasteiger partial charge is 0.496 e. The molecule has 0 radical (unpaired) electrons. The smallest absolute Gasteiger partial charge is 0.123 e. The van der Waals surface area contributed by atoms with Gasteiger partial charge in [0.05, 0.1) is 7.11 Å². The van der Waals surface area contributed by atoms with Gasteiger partial charge in [-0.25, -0.2) is 0 Å². The molecule has 0 saturated carbocycles. The fraction of sp³-hybridized carbons (Fsp3) is 0.333. The van der Waals surface area contributed by atoms with Gasteiger partial charge >= 0.3 is 0 Å². The lowest BCUT2D eigenvalue weighted by molar-refractivity contribution is 0.412. The van der Waals surface area contributed by atoms with Gasteiger partial charge in [-0.05, 0) is 41.5 Å². The summed E-state index contributed by atoms with van der Waals surface area (Å²) in [6.45, 7) is 6.07. The molecule has 0 N–H and O–H groups in total. The molecule has 0 bridgehead atoms. The molecule has 14 heavy (non-hydrogen) atoms. The van der Waals surface area contributed by atoms with Gasteiger partial charge in [0, 0.05) is 4.70 Å². The molecular weight excluding hydrogens is 192 g/mol. The van der Waals surface area contributed by atoms with E-state index in [1.165, 1.54) is 15.6 Å². The second-order valence-electron chi connectivity index (χ2n) is 2.78. The predicted octanol–water partition coefficient (Wildman–Crippen LogP) is 4.24. The molecule has 0 fully saturated rings. The van der Waals surface area contributed by atoms with Crippen LogP contribution >= 0.6 is 11.3 Å². The molecule has 2 rings (SSSR count). The Balaban J connectivity index is 0.000000461. The van der Waals surface area contributed by atoms with E-state index in [1.807, 2.05) is 13.8 Å². The van der Waals surface area contributed by atoms with Crippen molar-refractivity contribution < 1.29 is 4.74 Å². The Labute approximate surface area is 89.3 Å². The van der Waals surface area contributed by atoms with Crippen molar-refractivity contribution in [3.05, 3.63) is 29.1 Å². The third-order valence-corrected chi connectivity index (χ3v) is 2.85. The van der Waals surface area contributed by atoms with Gasteiger partial charge in [-0.1, -0.05) is 13.8 Å². The molecule has 0 aliphatic carbocycles. The zero-order valence-corrected chi connectivity index (χ0v) is 9.94. The van der Waals surface area contributed by atoms with E-state index in [2.05, 4.69) is 30.5 Å². The van der Waals surface area contributed by atoms with Gasteiger partial charge < -0.3 is 4.74 Å². The molecule has 0 spiro atoms. The molecule has 0 aliphatic heterocycles. The van der Waals surface area contributed by atoms with E-state index in [-0.39, 0.29) is 0 Å². The van der Waals surface area contributed by atoms with Crippen molar-refractivity contribution in [3.8, 4) is 5.75 Å². The first-order valence-corrected chi connectivity index (χ1v) is 5.71. The quantitative estimate of drug-likeness (QED) is 0.681. The Morgan fingerprint density at radius 2 is 1.93 bits per heavy atom. The normalized spacial score (nSPS) is 9.43. The molecule has 2 heteroatoms. The van der Waals surface area contributed by atoms with Crippen LogP contribution in [0.1, 0.15) is 19.4 Å². The van der Waals surface area contributed by atoms with Crippen molar-refractivity contribution in [1.29, 1.82) is 0 Å². The van der Waals surface area contributed by atoms with Crippen molar-refractivity contribution >= 4 is 21.4 Å². The highest BCUT2D eigenvalue weighted by Gasteiger charge is 2.01. The third kappa shape index (κ3) is 2.07. The van der Waals surface area contributed by atoms with E-state index in [9.17, 15) is 0 Å². The zero-order chi connectivity index (χ0) is 10.6. The summed E-state index contributed by atoms with van der Waals surface area (Å²) >= 11 is 1.75. The molecule has 1 aromatic heterocycles. The van der Waals surface area contributed by atoms with Crippen molar-refractivity contribution in [2.24, 2.45) is 0 Å². The Hall–Kier alpha value is -1.02. The maximum atomic E-state index is 5.23. The van der Waals surface area contributed by atoms with Gasteiger partial charge in [0.25, 0.3) is 0 Å². The van der Waals surface area contributed by atoms with E-state index in [4.69, 9.17) is 4.74 Å². The minimum absolute atomic E-state index is 0.977. The van der Waals surface area contributed by atoms with Crippen molar-refractivity contribution in [2.45, 2.75) is 20.8 Å². The lowest BCUT2D eigenvalue weighted by Gasteiger charge is -2.03. The highest BCUT2D eigenvalue weighted by molar-refractivity contribution is 7.17. The summed E-state index contributed by atoms with van der Waals surface area (Å²) in [5, 5.41) is 3.40. The van der Waals surface area contributed by atoms with Crippen LogP contribution in [0, 0.1) is 6.92 Å². The van der Waals surface area contributed by atoms with E-state index >= 15 is 0 Å². The number of hydrogen-bond donors (Lipinski definition) is 0. The van der Waals surface area contributed by atoms with Crippen LogP contribution in [0.5, 0.6) is 5.75 Å². The zero-order valence-electron chi connectivity index (χ0n) is 9.13. The highest BCUT2D eigenvalue weighted by Crippen LogP contribution is 2.28. The summed E-state index contributed by atoms with van der Waals surface area (Å²) in [4.78, 5) is 0. The van der Waals surface area contributed by atoms with Gasteiger partial charge in [0.15, 0.2) is 0 Å². The second kappa shape index (κ2) is 5.01. The summed E-state index contributed by atoms with van der Waals surface area (Å²) in [6, 6.07) is 6.38. The molecule has 1 heterocycles. The summed E-state index contributed by atoms with van der Waals surface area (Å²) in [6.07, 6.45) is 0. The lowest BCUT2D eigenvalue weighted by Crippen LogP contribution is -1.85. The first-order chi connectivity index (χ1) is 6.81. The molecule has 0 aliphatic rings. The van der Waals surface area contributed by atoms with Crippen LogP contribution < -0.4 is 4.74 Å². The summed E-state index contributed by atoms with van der Waals surface area (Å²) in [5.74, 6) is 0.977. The molecular formula is C12H16OS. The first-order valence-electron chi connectivity index (χ1n) is 4.83. The van der Waals surface area contributed by atoms with Crippen LogP contribution in [0.25, 0.3) is 10.1 Å². The van der Waals surface area contributed by atoms with Crippen LogP contribution in [0.2, 0.25) is 0 Å². The molecule has 0 unspecified atom stereocenters. The van der Waals surface area contributed by atoms with E-state index in [0.29, 0.717) is 0 Å². The summed E-state index contributed by atoms with van der Waals surface area (Å²) in [7, 11) is 1.71. The van der Waals surface area contributed by atoms with Gasteiger partial charge in [-0.15, -0.1) is 11.3 Å². The monoisotopic (exact) mass is 208 g/mol. The van der Waals surface area contributed by atoms with Crippen molar-refractivity contribution in [2.75, 3.05) is 7.11 Å². The predicted molar refractivity (Wildman–Crippen MR) is 64.5 cm³/mol. The molecule has 0 saturated heterocycles. The number of thiophene rings is 1. The van der Waals surface area contributed by atoms with E-state index in [0.717, 1.165) is 5.75 Å². The van der Waals surface area contributed by atoms with Crippen LogP contribution in [-0.2, 0) is 0 Å². The Morgan fingerprint density at radius 3 is 2.57 bits per heavy atom. The standard InChI is InChI=1S/C10H10OS.C2H6/c1-7-5-8-3-4-12-10(8)6-9(7)11-2;1-2/h3-6H,1-2H3;1-2H3. The molecule has 1 aromatic carbocycles. The summed E-state index contributed by atoms with van der Waals surface area (Å²) in [5.41, 5.74) is 1.20. The number of rotatable bonds is 1. The summed E-state index contributed by atoms with van der Waals surface area (Å²) < 4.78 is 6.52. The SMILES string of the molecule is CC.COc1cc2sccc2cc1C. The minimum Gasteiger partial charge on any atom is -0.496 e. The van der Waals surface area contributed by atoms with Gasteiger partial charge in [-0.2, -0.15) is 0 Å². The first kappa shape index (κ1) is 11.1. The Morgan fingerprint density at radius 1 is 1.21 bits per heavy atom. The average Bonchev–Trinajstić information content (AvgIpc) is 2.66. The molecule has 1 nitrogen and oxygen atoms in total. The number of hydrogen-bond acceptors (Lipinski definition) is 2. The number of methoxy groups -OCH3 is 1. The van der Waals surface area contributed by atoms with Crippen LogP contribution in [-0.4, -0.2) is 7.11 Å². The molecule has 2 aromatic rings. The maximum absolute atomic E-state index is 5.23. The lowest BCUT2D eigenvalue weighted by atomic mass is 10.2. The fourth-order valence-corrected chi connectivity index (χ4v) is 2.12. The van der Waals surface area contributed by atoms with Gasteiger partial charge in [0.2, 0.25) is 0 Å². The van der Waals surface area contributed by atoms with Crippen LogP contribution in [0.3, 0.4) is 0 Å². The van der Waals surface area contributed by atoms with E-state index in [1.54, 1.807) is 18.4 Å². The number of fused-ring (bicyclic) bond motifs is 1. The molecule has 0 amide bonds. The topological polar surface area (TPSA) is 9.23 Å². The van der Waals surface area contributed by atoms with Gasteiger partial charge in [0.1, 0.15) is 5.75 Å². The third-order valence-electron chi connectivity index (χ3n) is 1.97. The minimum atomic E-state index is 0.977. The Kier molecular flexibility index (Phi) is 3.96. The van der Waals surface area contributed by atoms with Crippen molar-refractivity contribution in [3.63, 3.8) is 0 Å². The number of benzene rings is 1. The van der Waals surface area contributed by atoms with Gasteiger partial charge in [-0.3, -0.25) is 0 Å². The van der Waals surface area contributed by atoms with E-state index < -0.39 is 0 Å². The second-order valence-corrected chi connectivity index (χ2v) is 3.73. The number of aryl methyl sites for hydroxylation is 1. The Bertz CT molecular complexity index is 404. The van der Waals surface area contributed by atoms with Crippen molar-refractivity contribution in [1.82, 2.24) is 0 Å².